The maximum Gasteiger partial charge on any atom is 0.190 e. The van der Waals surface area contributed by atoms with Crippen LogP contribution in [0, 0.1) is 17.9 Å². The van der Waals surface area contributed by atoms with Crippen LogP contribution in [0.2, 0.25) is 0 Å². The van der Waals surface area contributed by atoms with Crippen LogP contribution in [0.1, 0.15) is 30.5 Å². The summed E-state index contributed by atoms with van der Waals surface area (Å²) < 4.78 is 0. The van der Waals surface area contributed by atoms with Crippen molar-refractivity contribution in [1.29, 1.82) is 5.26 Å². The van der Waals surface area contributed by atoms with Gasteiger partial charge in [-0.15, -0.1) is 0 Å². The van der Waals surface area contributed by atoms with E-state index in [0.717, 1.165) is 22.6 Å². The highest BCUT2D eigenvalue weighted by molar-refractivity contribution is 6.18. The minimum atomic E-state index is -0.173. The lowest BCUT2D eigenvalue weighted by Gasteiger charge is -2.29. The fourth-order valence-electron chi connectivity index (χ4n) is 8.07. The third-order valence-electron chi connectivity index (χ3n) is 10.2. The van der Waals surface area contributed by atoms with Crippen molar-refractivity contribution in [1.82, 2.24) is 0 Å². The normalized spacial score (nSPS) is 12.9. The molecule has 2 aliphatic carbocycles. The van der Waals surface area contributed by atoms with Crippen molar-refractivity contribution in [2.24, 2.45) is 0 Å². The number of rotatable bonds is 4. The van der Waals surface area contributed by atoms with Gasteiger partial charge in [0.15, 0.2) is 5.69 Å². The van der Waals surface area contributed by atoms with E-state index in [1.807, 2.05) is 12.1 Å². The van der Waals surface area contributed by atoms with Gasteiger partial charge in [0.25, 0.3) is 0 Å². The highest BCUT2D eigenvalue weighted by atomic mass is 15.1. The summed E-state index contributed by atoms with van der Waals surface area (Å²) in [5, 5.41) is 12.5. The van der Waals surface area contributed by atoms with Crippen LogP contribution in [-0.2, 0) is 5.41 Å². The van der Waals surface area contributed by atoms with Gasteiger partial charge in [0, 0.05) is 27.9 Å². The zero-order valence-corrected chi connectivity index (χ0v) is 26.6. The van der Waals surface area contributed by atoms with Crippen molar-refractivity contribution in [3.8, 4) is 50.6 Å². The molecular weight excluding hydrogens is 583 g/mol. The van der Waals surface area contributed by atoms with Crippen molar-refractivity contribution in [2.75, 3.05) is 4.90 Å². The summed E-state index contributed by atoms with van der Waals surface area (Å²) in [6.07, 6.45) is 0. The molecule has 0 bridgehead atoms. The molecule has 7 aromatic carbocycles. The molecule has 48 heavy (non-hydrogen) atoms. The van der Waals surface area contributed by atoms with Gasteiger partial charge in [-0.2, -0.15) is 5.26 Å². The van der Waals surface area contributed by atoms with E-state index < -0.39 is 0 Å². The van der Waals surface area contributed by atoms with Gasteiger partial charge in [0.2, 0.25) is 0 Å². The zero-order chi connectivity index (χ0) is 32.6. The number of benzene rings is 7. The molecule has 0 unspecified atom stereocenters. The average Bonchev–Trinajstić information content (AvgIpc) is 3.58. The van der Waals surface area contributed by atoms with Crippen LogP contribution < -0.4 is 4.90 Å². The van der Waals surface area contributed by atoms with Crippen molar-refractivity contribution < 1.29 is 0 Å². The standard InChI is InChI=1S/C45H29N3/c1-45(2)40-18-7-6-15-39(40)44-41(45)19-10-20-42(44)48(32-24-28(27-46)23-30(26-32)47-3)31-12-8-11-29(25-31)33-21-22-38-35-14-5-4-13-34(35)37-17-9-16-36(33)43(37)38/h4-26H,1-2H3. The molecule has 224 valence electrons. The molecule has 2 aliphatic rings. The number of nitrogens with zero attached hydrogens (tertiary/aromatic N) is 3. The van der Waals surface area contributed by atoms with Crippen molar-refractivity contribution in [3.05, 3.63) is 168 Å². The Kier molecular flexibility index (Phi) is 5.97. The Hall–Kier alpha value is -6.42. The van der Waals surface area contributed by atoms with E-state index >= 15 is 0 Å². The number of anilines is 3. The fourth-order valence-corrected chi connectivity index (χ4v) is 8.07. The minimum absolute atomic E-state index is 0.173. The van der Waals surface area contributed by atoms with Crippen LogP contribution in [0.25, 0.3) is 60.1 Å². The van der Waals surface area contributed by atoms with E-state index in [-0.39, 0.29) is 5.41 Å². The third-order valence-corrected chi connectivity index (χ3v) is 10.2. The number of hydrogen-bond acceptors (Lipinski definition) is 2. The quantitative estimate of drug-likeness (QED) is 0.185. The maximum absolute atomic E-state index is 10.00. The van der Waals surface area contributed by atoms with Crippen molar-refractivity contribution in [3.63, 3.8) is 0 Å². The van der Waals surface area contributed by atoms with Crippen molar-refractivity contribution >= 4 is 33.5 Å². The Bertz CT molecular complexity index is 2520. The summed E-state index contributed by atoms with van der Waals surface area (Å²) in [4.78, 5) is 5.98. The topological polar surface area (TPSA) is 31.4 Å². The molecule has 0 heterocycles. The van der Waals surface area contributed by atoms with E-state index in [0.29, 0.717) is 11.3 Å². The lowest BCUT2D eigenvalue weighted by molar-refractivity contribution is 0.660. The monoisotopic (exact) mass is 611 g/mol. The number of hydrogen-bond donors (Lipinski definition) is 0. The SMILES string of the molecule is [C-]#[N+]c1cc(C#N)cc(N(c2cccc(-c3ccc4c5c(cccc35)-c3ccccc3-4)c2)c2cccc3c2-c2ccccc2C3(C)C)c1. The largest absolute Gasteiger partial charge is 0.311 e. The molecule has 0 aliphatic heterocycles. The first-order chi connectivity index (χ1) is 23.5. The zero-order valence-electron chi connectivity index (χ0n) is 26.6. The maximum atomic E-state index is 10.00. The van der Waals surface area contributed by atoms with E-state index in [1.54, 1.807) is 6.07 Å². The lowest BCUT2D eigenvalue weighted by Crippen LogP contribution is -2.16. The molecule has 0 spiro atoms. The summed E-state index contributed by atoms with van der Waals surface area (Å²) in [5.74, 6) is 0. The molecule has 3 heteroatoms. The number of fused-ring (bicyclic) bond motifs is 6. The summed E-state index contributed by atoms with van der Waals surface area (Å²) >= 11 is 0. The predicted molar refractivity (Wildman–Crippen MR) is 197 cm³/mol. The van der Waals surface area contributed by atoms with Crippen LogP contribution >= 0.6 is 0 Å². The smallest absolute Gasteiger partial charge is 0.190 e. The molecular formula is C45H29N3. The Morgan fingerprint density at radius 2 is 1.27 bits per heavy atom. The molecule has 0 amide bonds. The van der Waals surface area contributed by atoms with Gasteiger partial charge < -0.3 is 4.90 Å². The first-order valence-corrected chi connectivity index (χ1v) is 16.2. The van der Waals surface area contributed by atoms with E-state index in [2.05, 4.69) is 151 Å². The van der Waals surface area contributed by atoms with Gasteiger partial charge in [0.05, 0.1) is 18.3 Å². The molecule has 0 aromatic heterocycles. The second-order valence-corrected chi connectivity index (χ2v) is 13.2. The molecule has 0 atom stereocenters. The second-order valence-electron chi connectivity index (χ2n) is 13.2. The second kappa shape index (κ2) is 10.3. The van der Waals surface area contributed by atoms with Crippen LogP contribution in [-0.4, -0.2) is 0 Å². The third kappa shape index (κ3) is 3.92. The number of nitriles is 1. The molecule has 3 nitrogen and oxygen atoms in total. The predicted octanol–water partition coefficient (Wildman–Crippen LogP) is 12.4. The summed E-state index contributed by atoms with van der Waals surface area (Å²) in [7, 11) is 0. The average molecular weight is 612 g/mol. The van der Waals surface area contributed by atoms with E-state index in [4.69, 9.17) is 6.57 Å². The van der Waals surface area contributed by atoms with E-state index in [9.17, 15) is 5.26 Å². The molecule has 0 saturated carbocycles. The molecule has 7 aromatic rings. The van der Waals surface area contributed by atoms with Crippen LogP contribution in [0.5, 0.6) is 0 Å². The van der Waals surface area contributed by atoms with Crippen LogP contribution in [0.4, 0.5) is 22.7 Å². The fraction of sp³-hybridized carbons (Fsp3) is 0.0667. The molecule has 0 N–H and O–H groups in total. The summed E-state index contributed by atoms with van der Waals surface area (Å²) in [6, 6.07) is 51.4. The van der Waals surface area contributed by atoms with E-state index in [1.165, 1.54) is 60.8 Å². The van der Waals surface area contributed by atoms with Crippen LogP contribution in [0.15, 0.2) is 140 Å². The minimum Gasteiger partial charge on any atom is -0.311 e. The van der Waals surface area contributed by atoms with Crippen LogP contribution in [0.3, 0.4) is 0 Å². The first kappa shape index (κ1) is 27.9. The van der Waals surface area contributed by atoms with Gasteiger partial charge in [-0.25, -0.2) is 4.85 Å². The molecule has 0 fully saturated rings. The van der Waals surface area contributed by atoms with Crippen molar-refractivity contribution in [2.45, 2.75) is 19.3 Å². The van der Waals surface area contributed by atoms with Gasteiger partial charge in [-0.1, -0.05) is 117 Å². The van der Waals surface area contributed by atoms with Gasteiger partial charge in [0.1, 0.15) is 0 Å². The van der Waals surface area contributed by atoms with Gasteiger partial charge >= 0.3 is 0 Å². The molecule has 0 saturated heterocycles. The summed E-state index contributed by atoms with van der Waals surface area (Å²) in [6.45, 7) is 12.4. The Morgan fingerprint density at radius 3 is 2.06 bits per heavy atom. The molecule has 0 radical (unpaired) electrons. The highest BCUT2D eigenvalue weighted by Gasteiger charge is 2.37. The Labute approximate surface area is 280 Å². The Balaban J connectivity index is 1.29. The Morgan fingerprint density at radius 1 is 0.604 bits per heavy atom. The first-order valence-electron chi connectivity index (χ1n) is 16.2. The molecule has 9 rings (SSSR count). The lowest BCUT2D eigenvalue weighted by atomic mass is 9.82. The van der Waals surface area contributed by atoms with Gasteiger partial charge in [-0.05, 0) is 97.2 Å². The summed E-state index contributed by atoms with van der Waals surface area (Å²) in [5.41, 5.74) is 15.8. The highest BCUT2D eigenvalue weighted by Crippen LogP contribution is 2.55. The van der Waals surface area contributed by atoms with Gasteiger partial charge in [-0.3, -0.25) is 0 Å².